The van der Waals surface area contributed by atoms with E-state index < -0.39 is 0 Å². The van der Waals surface area contributed by atoms with Gasteiger partial charge in [-0.05, 0) is 18.6 Å². The number of hydrogen-bond acceptors (Lipinski definition) is 1. The minimum Gasteiger partial charge on any atom is -0.472 e. The third kappa shape index (κ3) is 5.15. The molecule has 1 heterocycles. The molecule has 0 atom stereocenters. The molecule has 0 spiro atoms. The van der Waals surface area contributed by atoms with Gasteiger partial charge in [0, 0.05) is 0 Å². The summed E-state index contributed by atoms with van der Waals surface area (Å²) < 4.78 is 4.71. The maximum Gasteiger partial charge on any atom is 0.0931 e. The van der Waals surface area contributed by atoms with Gasteiger partial charge in [0.1, 0.15) is 0 Å². The van der Waals surface area contributed by atoms with Crippen LogP contribution >= 0.6 is 0 Å². The molecular formula is C8H14O. The minimum atomic E-state index is 1.18. The quantitative estimate of drug-likeness (QED) is 0.520. The summed E-state index contributed by atoms with van der Waals surface area (Å²) in [6.45, 7) is 6.24. The van der Waals surface area contributed by atoms with Crippen LogP contribution < -0.4 is 0 Å². The molecule has 0 radical (unpaired) electrons. The summed E-state index contributed by atoms with van der Waals surface area (Å²) in [6.07, 6.45) is 4.62. The molecule has 0 saturated carbocycles. The van der Waals surface area contributed by atoms with Gasteiger partial charge in [-0.25, -0.2) is 0 Å². The van der Waals surface area contributed by atoms with Crippen LogP contribution in [0.3, 0.4) is 0 Å². The molecule has 0 unspecified atom stereocenters. The predicted molar refractivity (Wildman–Crippen MR) is 39.4 cm³/mol. The van der Waals surface area contributed by atoms with Gasteiger partial charge in [0.05, 0.1) is 12.5 Å². The van der Waals surface area contributed by atoms with E-state index >= 15 is 0 Å². The van der Waals surface area contributed by atoms with Gasteiger partial charge in [0.15, 0.2) is 0 Å². The highest BCUT2D eigenvalue weighted by Gasteiger charge is 1.75. The van der Waals surface area contributed by atoms with E-state index in [1.54, 1.807) is 12.5 Å². The fourth-order valence-electron chi connectivity index (χ4n) is 0.333. The number of furan rings is 1. The predicted octanol–water partition coefficient (Wildman–Crippen LogP) is 3.00. The molecule has 0 N–H and O–H groups in total. The molecule has 0 aliphatic rings. The molecule has 1 aromatic heterocycles. The van der Waals surface area contributed by atoms with Crippen molar-refractivity contribution in [2.45, 2.75) is 27.2 Å². The van der Waals surface area contributed by atoms with Crippen molar-refractivity contribution < 1.29 is 4.42 Å². The van der Waals surface area contributed by atoms with Crippen molar-refractivity contribution >= 4 is 0 Å². The number of hydrogen-bond donors (Lipinski definition) is 0. The first-order valence-corrected chi connectivity index (χ1v) is 3.30. The fraction of sp³-hybridized carbons (Fsp3) is 0.500. The lowest BCUT2D eigenvalue weighted by molar-refractivity contribution is 0.565. The van der Waals surface area contributed by atoms with Crippen molar-refractivity contribution in [1.29, 1.82) is 0 Å². The third-order valence-corrected chi connectivity index (χ3v) is 0.663. The zero-order chi connectivity index (χ0) is 7.11. The molecule has 0 bridgehead atoms. The van der Waals surface area contributed by atoms with Gasteiger partial charge < -0.3 is 4.42 Å². The van der Waals surface area contributed by atoms with Crippen molar-refractivity contribution in [1.82, 2.24) is 0 Å². The van der Waals surface area contributed by atoms with E-state index in [1.165, 1.54) is 12.0 Å². The average Bonchev–Trinajstić information content (AvgIpc) is 2.20. The van der Waals surface area contributed by atoms with Crippen LogP contribution in [0.5, 0.6) is 0 Å². The molecule has 52 valence electrons. The molecule has 9 heavy (non-hydrogen) atoms. The lowest BCUT2D eigenvalue weighted by Crippen LogP contribution is -1.48. The summed E-state index contributed by atoms with van der Waals surface area (Å²) in [6, 6.07) is 1.92. The summed E-state index contributed by atoms with van der Waals surface area (Å²) in [4.78, 5) is 0. The van der Waals surface area contributed by atoms with Gasteiger partial charge in [-0.3, -0.25) is 0 Å². The third-order valence-electron chi connectivity index (χ3n) is 0.663. The average molecular weight is 126 g/mol. The summed E-state index contributed by atoms with van der Waals surface area (Å²) in [7, 11) is 0. The van der Waals surface area contributed by atoms with Gasteiger partial charge in [-0.2, -0.15) is 0 Å². The summed E-state index contributed by atoms with van der Waals surface area (Å²) in [5.41, 5.74) is 1.18. The zero-order valence-electron chi connectivity index (χ0n) is 6.35. The molecule has 0 fully saturated rings. The van der Waals surface area contributed by atoms with Gasteiger partial charge in [0.2, 0.25) is 0 Å². The van der Waals surface area contributed by atoms with E-state index in [-0.39, 0.29) is 0 Å². The van der Waals surface area contributed by atoms with E-state index in [0.29, 0.717) is 0 Å². The first-order chi connectivity index (χ1) is 4.31. The van der Waals surface area contributed by atoms with Gasteiger partial charge >= 0.3 is 0 Å². The second-order valence-corrected chi connectivity index (χ2v) is 2.01. The molecule has 1 nitrogen and oxygen atoms in total. The Morgan fingerprint density at radius 3 is 2.11 bits per heavy atom. The van der Waals surface area contributed by atoms with Crippen LogP contribution in [0.25, 0.3) is 0 Å². The molecule has 0 amide bonds. The normalized spacial score (nSPS) is 7.89. The highest BCUT2D eigenvalue weighted by Crippen LogP contribution is 1.93. The Morgan fingerprint density at radius 2 is 2.00 bits per heavy atom. The van der Waals surface area contributed by atoms with Crippen LogP contribution in [0.1, 0.15) is 25.8 Å². The molecule has 1 heteroatoms. The maximum atomic E-state index is 4.71. The number of rotatable bonds is 0. The van der Waals surface area contributed by atoms with Crippen molar-refractivity contribution in [2.75, 3.05) is 0 Å². The van der Waals surface area contributed by atoms with Gasteiger partial charge in [-0.1, -0.05) is 20.3 Å². The topological polar surface area (TPSA) is 13.1 Å². The van der Waals surface area contributed by atoms with Crippen LogP contribution in [0.4, 0.5) is 0 Å². The Bertz CT molecular complexity index is 119. The van der Waals surface area contributed by atoms with Gasteiger partial charge in [-0.15, -0.1) is 0 Å². The van der Waals surface area contributed by atoms with Crippen molar-refractivity contribution in [3.8, 4) is 0 Å². The van der Waals surface area contributed by atoms with Crippen molar-refractivity contribution in [3.05, 3.63) is 24.2 Å². The van der Waals surface area contributed by atoms with Crippen LogP contribution in [-0.4, -0.2) is 0 Å². The first kappa shape index (κ1) is 8.28. The highest BCUT2D eigenvalue weighted by molar-refractivity contribution is 5.00. The Labute approximate surface area is 56.7 Å². The second kappa shape index (κ2) is 5.42. The van der Waals surface area contributed by atoms with Crippen LogP contribution in [0.2, 0.25) is 0 Å². The van der Waals surface area contributed by atoms with E-state index in [0.717, 1.165) is 0 Å². The molecule has 1 aromatic rings. The monoisotopic (exact) mass is 126 g/mol. The molecule has 0 saturated heterocycles. The highest BCUT2D eigenvalue weighted by atomic mass is 16.3. The smallest absolute Gasteiger partial charge is 0.0931 e. The largest absolute Gasteiger partial charge is 0.472 e. The van der Waals surface area contributed by atoms with Crippen molar-refractivity contribution in [2.24, 2.45) is 0 Å². The standard InChI is InChI=1S/C5H6O.C3H8/c1-5-2-3-6-4-5;1-3-2/h2-4H,1H3;3H2,1-2H3. The fourth-order valence-corrected chi connectivity index (χ4v) is 0.333. The summed E-state index contributed by atoms with van der Waals surface area (Å²) in [5, 5.41) is 0. The van der Waals surface area contributed by atoms with E-state index in [2.05, 4.69) is 13.8 Å². The second-order valence-electron chi connectivity index (χ2n) is 2.01. The van der Waals surface area contributed by atoms with Crippen molar-refractivity contribution in [3.63, 3.8) is 0 Å². The molecule has 0 aliphatic heterocycles. The Morgan fingerprint density at radius 1 is 1.44 bits per heavy atom. The number of aryl methyl sites for hydroxylation is 1. The summed E-state index contributed by atoms with van der Waals surface area (Å²) >= 11 is 0. The maximum absolute atomic E-state index is 4.71. The lowest BCUT2D eigenvalue weighted by atomic mass is 10.4. The van der Waals surface area contributed by atoms with Crippen LogP contribution in [-0.2, 0) is 0 Å². The zero-order valence-corrected chi connectivity index (χ0v) is 6.35. The Hall–Kier alpha value is -0.720. The molecule has 0 aliphatic carbocycles. The van der Waals surface area contributed by atoms with Gasteiger partial charge in [0.25, 0.3) is 0 Å². The van der Waals surface area contributed by atoms with E-state index in [9.17, 15) is 0 Å². The van der Waals surface area contributed by atoms with E-state index in [1.807, 2.05) is 13.0 Å². The Balaban J connectivity index is 0.000000187. The lowest BCUT2D eigenvalue weighted by Gasteiger charge is -1.63. The van der Waals surface area contributed by atoms with Crippen LogP contribution in [0.15, 0.2) is 23.0 Å². The summed E-state index contributed by atoms with van der Waals surface area (Å²) in [5.74, 6) is 0. The SMILES string of the molecule is CCC.Cc1ccoc1. The Kier molecular flexibility index (Phi) is 4.98. The molecule has 0 aromatic carbocycles. The van der Waals surface area contributed by atoms with Crippen LogP contribution in [0, 0.1) is 6.92 Å². The minimum absolute atomic E-state index is 1.18. The van der Waals surface area contributed by atoms with E-state index in [4.69, 9.17) is 4.42 Å². The first-order valence-electron chi connectivity index (χ1n) is 3.30. The molecular weight excluding hydrogens is 112 g/mol. The molecule has 1 rings (SSSR count).